The summed E-state index contributed by atoms with van der Waals surface area (Å²) in [7, 11) is 0. The van der Waals surface area contributed by atoms with Crippen LogP contribution in [0.3, 0.4) is 0 Å². The number of fused-ring (bicyclic) bond motifs is 10. The molecule has 1 heteroatoms. The van der Waals surface area contributed by atoms with Crippen LogP contribution < -0.4 is 0 Å². The molecule has 0 fully saturated rings. The van der Waals surface area contributed by atoms with Crippen molar-refractivity contribution < 1.29 is 0 Å². The van der Waals surface area contributed by atoms with Gasteiger partial charge in [0, 0.05) is 16.3 Å². The molecule has 338 valence electrons. The zero-order valence-electron chi connectivity index (χ0n) is 39.9. The van der Waals surface area contributed by atoms with Crippen LogP contribution >= 0.6 is 0 Å². The number of pyridine rings is 1. The third-order valence-electron chi connectivity index (χ3n) is 15.8. The first-order valence-corrected chi connectivity index (χ1v) is 25.3. The number of para-hydroxylation sites is 1. The van der Waals surface area contributed by atoms with Gasteiger partial charge in [0.05, 0.1) is 16.6 Å². The molecule has 0 saturated heterocycles. The average molecular weight is 924 g/mol. The second-order valence-electron chi connectivity index (χ2n) is 19.7. The Hall–Kier alpha value is -9.43. The van der Waals surface area contributed by atoms with Crippen LogP contribution in [0.15, 0.2) is 273 Å². The molecule has 1 aliphatic rings. The van der Waals surface area contributed by atoms with Crippen molar-refractivity contribution in [2.75, 3.05) is 0 Å². The summed E-state index contributed by atoms with van der Waals surface area (Å²) in [4.78, 5) is 5.57. The average Bonchev–Trinajstić information content (AvgIpc) is 3.78. The van der Waals surface area contributed by atoms with E-state index in [2.05, 4.69) is 273 Å². The van der Waals surface area contributed by atoms with Gasteiger partial charge in [0.25, 0.3) is 0 Å². The molecule has 0 unspecified atom stereocenters. The van der Waals surface area contributed by atoms with Crippen molar-refractivity contribution in [3.63, 3.8) is 0 Å². The van der Waals surface area contributed by atoms with E-state index in [1.54, 1.807) is 0 Å². The van der Waals surface area contributed by atoms with Gasteiger partial charge < -0.3 is 0 Å². The van der Waals surface area contributed by atoms with Gasteiger partial charge in [-0.3, -0.25) is 0 Å². The number of hydrogen-bond acceptors (Lipinski definition) is 1. The fraction of sp³-hybridized carbons (Fsp3) is 0.0139. The minimum atomic E-state index is -0.506. The number of nitrogens with zero attached hydrogens (tertiary/aromatic N) is 1. The lowest BCUT2D eigenvalue weighted by atomic mass is 9.67. The molecular weight excluding hydrogens is 879 g/mol. The summed E-state index contributed by atoms with van der Waals surface area (Å²) in [5, 5.41) is 13.4. The smallest absolute Gasteiger partial charge is 0.0788 e. The van der Waals surface area contributed by atoms with E-state index >= 15 is 0 Å². The quantitative estimate of drug-likeness (QED) is 0.120. The van der Waals surface area contributed by atoms with Crippen molar-refractivity contribution >= 4 is 64.8 Å². The second-order valence-corrected chi connectivity index (χ2v) is 19.7. The first-order chi connectivity index (χ1) is 36.2. The Morgan fingerprint density at radius 3 is 1.45 bits per heavy atom. The van der Waals surface area contributed by atoms with E-state index < -0.39 is 5.41 Å². The van der Waals surface area contributed by atoms with Crippen LogP contribution in [0.2, 0.25) is 0 Å². The number of aromatic nitrogens is 1. The molecule has 1 aliphatic carbocycles. The lowest BCUT2D eigenvalue weighted by Crippen LogP contribution is -2.28. The van der Waals surface area contributed by atoms with Crippen molar-refractivity contribution in [1.82, 2.24) is 4.98 Å². The van der Waals surface area contributed by atoms with Gasteiger partial charge in [-0.25, -0.2) is 4.98 Å². The van der Waals surface area contributed by atoms with Crippen LogP contribution in [0.4, 0.5) is 0 Å². The van der Waals surface area contributed by atoms with Gasteiger partial charge in [-0.1, -0.05) is 231 Å². The third kappa shape index (κ3) is 6.32. The number of benzene rings is 13. The van der Waals surface area contributed by atoms with Crippen molar-refractivity contribution in [3.8, 4) is 55.8 Å². The maximum absolute atomic E-state index is 5.57. The highest BCUT2D eigenvalue weighted by Gasteiger charge is 2.46. The summed E-state index contributed by atoms with van der Waals surface area (Å²) in [6.07, 6.45) is 0. The van der Waals surface area contributed by atoms with Crippen LogP contribution in [0, 0.1) is 0 Å². The summed E-state index contributed by atoms with van der Waals surface area (Å²) in [5.74, 6) is 0. The predicted molar refractivity (Wildman–Crippen MR) is 308 cm³/mol. The van der Waals surface area contributed by atoms with E-state index in [-0.39, 0.29) is 0 Å². The first kappa shape index (κ1) is 41.4. The van der Waals surface area contributed by atoms with Gasteiger partial charge in [0.2, 0.25) is 0 Å². The highest BCUT2D eigenvalue weighted by atomic mass is 14.7. The van der Waals surface area contributed by atoms with Crippen molar-refractivity contribution in [1.29, 1.82) is 0 Å². The van der Waals surface area contributed by atoms with E-state index in [0.29, 0.717) is 0 Å². The summed E-state index contributed by atoms with van der Waals surface area (Å²) in [5.41, 5.74) is 17.4. The molecule has 0 amide bonds. The molecule has 13 aromatic carbocycles. The largest absolute Gasteiger partial charge is 0.247 e. The normalized spacial score (nSPS) is 12.8. The van der Waals surface area contributed by atoms with Crippen LogP contribution in [0.25, 0.3) is 121 Å². The fourth-order valence-corrected chi connectivity index (χ4v) is 12.6. The van der Waals surface area contributed by atoms with E-state index in [1.807, 2.05) is 0 Å². The van der Waals surface area contributed by atoms with Crippen LogP contribution in [0.5, 0.6) is 0 Å². The highest BCUT2D eigenvalue weighted by molar-refractivity contribution is 6.23. The Bertz CT molecular complexity index is 4510. The van der Waals surface area contributed by atoms with Gasteiger partial charge in [-0.05, 0) is 158 Å². The van der Waals surface area contributed by atoms with Crippen LogP contribution in [-0.4, -0.2) is 4.98 Å². The minimum absolute atomic E-state index is 0.506. The van der Waals surface area contributed by atoms with Gasteiger partial charge in [0.1, 0.15) is 0 Å². The van der Waals surface area contributed by atoms with Crippen LogP contribution in [-0.2, 0) is 5.41 Å². The van der Waals surface area contributed by atoms with Gasteiger partial charge in [-0.2, -0.15) is 0 Å². The Morgan fingerprint density at radius 2 is 0.767 bits per heavy atom. The van der Waals surface area contributed by atoms with Crippen LogP contribution in [0.1, 0.15) is 22.3 Å². The van der Waals surface area contributed by atoms with Crippen molar-refractivity contribution in [2.45, 2.75) is 5.41 Å². The zero-order chi connectivity index (χ0) is 48.0. The molecule has 0 radical (unpaired) electrons. The van der Waals surface area contributed by atoms with E-state index in [1.165, 1.54) is 104 Å². The molecule has 14 aromatic rings. The van der Waals surface area contributed by atoms with Gasteiger partial charge >= 0.3 is 0 Å². The molecule has 1 aromatic heterocycles. The summed E-state index contributed by atoms with van der Waals surface area (Å²) >= 11 is 0. The SMILES string of the molecule is c1ccc(C2(c3ccccc3)c3ccccc3-c3cc4c(-c5cccc(-c6ccc7c(-c8ccc9ccccc9c8)c8ccccc8c(-c8ccc9ccccc9c8)c7c6)c5)nc5ccccc5c4cc32)cc1. The standard InChI is InChI=1S/C72H45N/c1-3-24-55(25-4-1)72(56-26-5-2-6-27-56)66-32-15-13-28-57(66)63-44-65-62(45-67(63)72)58-29-14-16-33-68(58)73-71(65)54-23-17-22-50(42-54)51-38-39-61-64(43-51)70(53-37-35-47-19-8-10-21-49(47)41-53)60-31-12-11-30-59(60)69(61)52-36-34-46-18-7-9-20-48(46)40-52/h1-45H. The Balaban J connectivity index is 0.966. The van der Waals surface area contributed by atoms with Crippen molar-refractivity contribution in [3.05, 3.63) is 295 Å². The molecule has 1 heterocycles. The molecule has 1 nitrogen and oxygen atoms in total. The fourth-order valence-electron chi connectivity index (χ4n) is 12.6. The molecular formula is C72H45N. The maximum atomic E-state index is 5.57. The molecule has 73 heavy (non-hydrogen) atoms. The Morgan fingerprint density at radius 1 is 0.247 bits per heavy atom. The molecule has 15 rings (SSSR count). The minimum Gasteiger partial charge on any atom is -0.247 e. The second kappa shape index (κ2) is 16.3. The van der Waals surface area contributed by atoms with Crippen molar-refractivity contribution in [2.24, 2.45) is 0 Å². The molecule has 0 bridgehead atoms. The molecule has 0 N–H and O–H groups in total. The third-order valence-corrected chi connectivity index (χ3v) is 15.8. The first-order valence-electron chi connectivity index (χ1n) is 25.3. The maximum Gasteiger partial charge on any atom is 0.0788 e. The lowest BCUT2D eigenvalue weighted by molar-refractivity contribution is 0.769. The molecule has 0 aliphatic heterocycles. The number of rotatable bonds is 6. The lowest BCUT2D eigenvalue weighted by Gasteiger charge is -2.34. The van der Waals surface area contributed by atoms with E-state index in [4.69, 9.17) is 4.98 Å². The topological polar surface area (TPSA) is 12.9 Å². The predicted octanol–water partition coefficient (Wildman–Crippen LogP) is 19.0. The van der Waals surface area contributed by atoms with E-state index in [0.717, 1.165) is 38.7 Å². The summed E-state index contributed by atoms with van der Waals surface area (Å²) < 4.78 is 0. The summed E-state index contributed by atoms with van der Waals surface area (Å²) in [6.45, 7) is 0. The molecule has 0 atom stereocenters. The van der Waals surface area contributed by atoms with Gasteiger partial charge in [-0.15, -0.1) is 0 Å². The Kier molecular flexibility index (Phi) is 9.24. The zero-order valence-corrected chi connectivity index (χ0v) is 39.9. The molecule has 0 saturated carbocycles. The number of hydrogen-bond donors (Lipinski definition) is 0. The Labute approximate surface area is 423 Å². The monoisotopic (exact) mass is 923 g/mol. The molecule has 0 spiro atoms. The van der Waals surface area contributed by atoms with E-state index in [9.17, 15) is 0 Å². The highest BCUT2D eigenvalue weighted by Crippen LogP contribution is 2.58. The van der Waals surface area contributed by atoms with Gasteiger partial charge in [0.15, 0.2) is 0 Å². The summed E-state index contributed by atoms with van der Waals surface area (Å²) in [6, 6.07) is 101.